The molecule has 4 rings (SSSR count). The smallest absolute Gasteiger partial charge is 0.475 e. The second-order valence-corrected chi connectivity index (χ2v) is 7.12. The summed E-state index contributed by atoms with van der Waals surface area (Å²) < 4.78 is 33.5. The first-order chi connectivity index (χ1) is 15.2. The molecule has 2 N–H and O–H groups in total. The Hall–Kier alpha value is -4.23. The molecule has 1 atom stereocenters. The van der Waals surface area contributed by atoms with Crippen LogP contribution in [0.1, 0.15) is 22.9 Å². The van der Waals surface area contributed by atoms with Gasteiger partial charge in [-0.2, -0.15) is 28.8 Å². The van der Waals surface area contributed by atoms with E-state index in [1.54, 1.807) is 10.9 Å². The van der Waals surface area contributed by atoms with Gasteiger partial charge in [0.2, 0.25) is 0 Å². The molecule has 4 aromatic heterocycles. The second-order valence-electron chi connectivity index (χ2n) is 6.21. The Bertz CT molecular complexity index is 1330. The van der Waals surface area contributed by atoms with Crippen LogP contribution in [0.4, 0.5) is 13.2 Å². The molecule has 0 saturated carbocycles. The molecule has 0 bridgehead atoms. The second kappa shape index (κ2) is 9.28. The quantitative estimate of drug-likeness (QED) is 0.471. The molecule has 162 valence electrons. The predicted octanol–water partition coefficient (Wildman–Crippen LogP) is 3.89. The number of carbonyl (C=O) groups is 1. The van der Waals surface area contributed by atoms with Crippen LogP contribution in [-0.4, -0.2) is 42.0 Å². The zero-order valence-electron chi connectivity index (χ0n) is 15.9. The number of H-pyrrole nitrogens is 1. The third-order valence-electron chi connectivity index (χ3n) is 4.19. The molecular weight excluding hydrogens is 447 g/mol. The van der Waals surface area contributed by atoms with E-state index in [1.165, 1.54) is 17.7 Å². The van der Waals surface area contributed by atoms with Crippen molar-refractivity contribution in [2.24, 2.45) is 0 Å². The van der Waals surface area contributed by atoms with Crippen molar-refractivity contribution < 1.29 is 23.1 Å². The van der Waals surface area contributed by atoms with Crippen molar-refractivity contribution in [3.05, 3.63) is 52.9 Å². The maximum atomic E-state index is 10.6. The molecule has 1 unspecified atom stereocenters. The molecule has 32 heavy (non-hydrogen) atoms. The van der Waals surface area contributed by atoms with Gasteiger partial charge in [0.1, 0.15) is 22.9 Å². The number of rotatable bonds is 4. The van der Waals surface area contributed by atoms with Gasteiger partial charge in [-0.1, -0.05) is 0 Å². The van der Waals surface area contributed by atoms with Gasteiger partial charge in [0.05, 0.1) is 30.4 Å². The van der Waals surface area contributed by atoms with Crippen LogP contribution >= 0.6 is 11.3 Å². The first kappa shape index (κ1) is 22.5. The number of carboxylic acid groups (broad SMARTS) is 1. The molecule has 13 heteroatoms. The van der Waals surface area contributed by atoms with E-state index in [1.807, 2.05) is 29.9 Å². The maximum Gasteiger partial charge on any atom is 0.490 e. The highest BCUT2D eigenvalue weighted by Crippen LogP contribution is 2.29. The third-order valence-corrected chi connectivity index (χ3v) is 5.04. The Kier molecular flexibility index (Phi) is 6.51. The lowest BCUT2D eigenvalue weighted by atomic mass is 10.1. The van der Waals surface area contributed by atoms with Crippen molar-refractivity contribution in [3.8, 4) is 23.4 Å². The Labute approximate surface area is 182 Å². The molecule has 0 amide bonds. The minimum atomic E-state index is -5.08. The fourth-order valence-electron chi connectivity index (χ4n) is 2.77. The van der Waals surface area contributed by atoms with Crippen molar-refractivity contribution in [1.82, 2.24) is 24.7 Å². The fraction of sp³-hybridized carbons (Fsp3) is 0.158. The van der Waals surface area contributed by atoms with Crippen LogP contribution in [0.15, 0.2) is 42.4 Å². The van der Waals surface area contributed by atoms with Gasteiger partial charge >= 0.3 is 12.1 Å². The summed E-state index contributed by atoms with van der Waals surface area (Å²) in [5, 5.41) is 32.6. The van der Waals surface area contributed by atoms with Crippen LogP contribution in [0.3, 0.4) is 0 Å². The van der Waals surface area contributed by atoms with Crippen LogP contribution in [0.25, 0.3) is 22.3 Å². The summed E-state index contributed by atoms with van der Waals surface area (Å²) in [6.45, 7) is 0. The SMILES string of the molecule is N#CCC(c1csc(C#N)c1)n1cc(-c2ncnc3[nH]ccc23)cn1.O=C(O)C(F)(F)F. The number of aromatic nitrogens is 5. The molecule has 0 spiro atoms. The summed E-state index contributed by atoms with van der Waals surface area (Å²) in [5.74, 6) is -2.76. The van der Waals surface area contributed by atoms with Gasteiger partial charge < -0.3 is 10.1 Å². The normalized spacial score (nSPS) is 11.8. The molecule has 0 radical (unpaired) electrons. The van der Waals surface area contributed by atoms with E-state index in [-0.39, 0.29) is 12.5 Å². The summed E-state index contributed by atoms with van der Waals surface area (Å²) >= 11 is 1.37. The van der Waals surface area contributed by atoms with Crippen molar-refractivity contribution in [3.63, 3.8) is 0 Å². The van der Waals surface area contributed by atoms with Gasteiger partial charge in [-0.3, -0.25) is 4.68 Å². The number of hydrogen-bond donors (Lipinski definition) is 2. The standard InChI is InChI=1S/C17H11N7S.C2HF3O2/c18-3-1-15(11-5-13(6-19)25-9-11)24-8-12(7-23-24)16-14-2-4-20-17(14)22-10-21-16;3-2(4,5)1(6)7/h2,4-5,7-10,15H,1H2,(H,20,21,22);(H,6,7). The van der Waals surface area contributed by atoms with Crippen molar-refractivity contribution in [2.45, 2.75) is 18.6 Å². The van der Waals surface area contributed by atoms with Gasteiger partial charge in [0.15, 0.2) is 0 Å². The lowest BCUT2D eigenvalue weighted by molar-refractivity contribution is -0.192. The summed E-state index contributed by atoms with van der Waals surface area (Å²) in [6.07, 6.45) is 2.13. The van der Waals surface area contributed by atoms with Crippen molar-refractivity contribution >= 4 is 28.3 Å². The Morgan fingerprint density at radius 2 is 2.09 bits per heavy atom. The van der Waals surface area contributed by atoms with Gasteiger partial charge in [0.25, 0.3) is 0 Å². The van der Waals surface area contributed by atoms with Crippen molar-refractivity contribution in [1.29, 1.82) is 10.5 Å². The molecule has 0 aliphatic heterocycles. The van der Waals surface area contributed by atoms with Gasteiger partial charge in [0, 0.05) is 23.3 Å². The number of hydrogen-bond acceptors (Lipinski definition) is 7. The van der Waals surface area contributed by atoms with E-state index in [4.69, 9.17) is 15.2 Å². The maximum absolute atomic E-state index is 10.6. The Morgan fingerprint density at radius 3 is 2.72 bits per heavy atom. The Morgan fingerprint density at radius 1 is 1.34 bits per heavy atom. The molecule has 0 aliphatic rings. The topological polar surface area (TPSA) is 144 Å². The summed E-state index contributed by atoms with van der Waals surface area (Å²) in [7, 11) is 0. The molecule has 9 nitrogen and oxygen atoms in total. The van der Waals surface area contributed by atoms with Crippen LogP contribution in [-0.2, 0) is 4.79 Å². The van der Waals surface area contributed by atoms with Crippen molar-refractivity contribution in [2.75, 3.05) is 0 Å². The first-order valence-corrected chi connectivity index (χ1v) is 9.60. The lowest BCUT2D eigenvalue weighted by Gasteiger charge is -2.12. The number of thiophene rings is 1. The molecule has 0 fully saturated rings. The molecule has 0 aliphatic carbocycles. The zero-order chi connectivity index (χ0) is 23.3. The Balaban J connectivity index is 0.000000360. The van der Waals surface area contributed by atoms with E-state index in [0.29, 0.717) is 4.88 Å². The van der Waals surface area contributed by atoms with Gasteiger partial charge in [-0.15, -0.1) is 11.3 Å². The molecule has 4 aromatic rings. The van der Waals surface area contributed by atoms with Crippen LogP contribution < -0.4 is 0 Å². The van der Waals surface area contributed by atoms with Crippen LogP contribution in [0.5, 0.6) is 0 Å². The molecule has 0 aromatic carbocycles. The van der Waals surface area contributed by atoms with Gasteiger partial charge in [-0.05, 0) is 23.1 Å². The predicted molar refractivity (Wildman–Crippen MR) is 106 cm³/mol. The highest BCUT2D eigenvalue weighted by molar-refractivity contribution is 7.10. The molecular formula is C19H12F3N7O2S. The molecule has 0 saturated heterocycles. The molecule has 4 heterocycles. The lowest BCUT2D eigenvalue weighted by Crippen LogP contribution is -2.21. The van der Waals surface area contributed by atoms with E-state index in [0.717, 1.165) is 27.9 Å². The largest absolute Gasteiger partial charge is 0.490 e. The number of aromatic amines is 1. The average Bonchev–Trinajstić information content (AvgIpc) is 3.52. The summed E-state index contributed by atoms with van der Waals surface area (Å²) in [4.78, 5) is 21.1. The first-order valence-electron chi connectivity index (χ1n) is 8.72. The minimum Gasteiger partial charge on any atom is -0.475 e. The number of nitrogens with one attached hydrogen (secondary N) is 1. The minimum absolute atomic E-state index is 0.236. The number of aliphatic carboxylic acids is 1. The van der Waals surface area contributed by atoms with Crippen LogP contribution in [0.2, 0.25) is 0 Å². The summed E-state index contributed by atoms with van der Waals surface area (Å²) in [6, 6.07) is 7.82. The van der Waals surface area contributed by atoms with E-state index >= 15 is 0 Å². The number of fused-ring (bicyclic) bond motifs is 1. The third kappa shape index (κ3) is 4.91. The number of halogens is 3. The monoisotopic (exact) mass is 459 g/mol. The number of nitriles is 2. The van der Waals surface area contributed by atoms with E-state index < -0.39 is 12.1 Å². The van der Waals surface area contributed by atoms with E-state index in [2.05, 4.69) is 32.2 Å². The summed E-state index contributed by atoms with van der Waals surface area (Å²) in [5.41, 5.74) is 3.32. The van der Waals surface area contributed by atoms with Crippen LogP contribution in [0, 0.1) is 22.7 Å². The average molecular weight is 459 g/mol. The fourth-order valence-corrected chi connectivity index (χ4v) is 3.51. The number of carboxylic acids is 1. The number of alkyl halides is 3. The zero-order valence-corrected chi connectivity index (χ0v) is 16.7. The van der Waals surface area contributed by atoms with Gasteiger partial charge in [-0.25, -0.2) is 14.8 Å². The highest BCUT2D eigenvalue weighted by atomic mass is 32.1. The van der Waals surface area contributed by atoms with E-state index in [9.17, 15) is 18.4 Å². The highest BCUT2D eigenvalue weighted by Gasteiger charge is 2.38. The number of nitrogens with zero attached hydrogens (tertiary/aromatic N) is 6.